The molecule has 0 amide bonds. The highest BCUT2D eigenvalue weighted by Gasteiger charge is 2.30. The third-order valence-electron chi connectivity index (χ3n) is 15.0. The summed E-state index contributed by atoms with van der Waals surface area (Å²) in [7, 11) is -9.88. The summed E-state index contributed by atoms with van der Waals surface area (Å²) >= 11 is 0. The predicted molar refractivity (Wildman–Crippen MR) is 335 cm³/mol. The Morgan fingerprint density at radius 2 is 0.548 bits per heavy atom. The van der Waals surface area contributed by atoms with E-state index in [1.54, 1.807) is 0 Å². The summed E-state index contributed by atoms with van der Waals surface area (Å²) in [5.41, 5.74) is 0. The Hall–Kier alpha value is -1.94. The molecular weight excluding hydrogens is 1110 g/mol. The monoisotopic (exact) mass is 1240 g/mol. The van der Waals surface area contributed by atoms with Crippen LogP contribution in [0.4, 0.5) is 0 Å². The topological polar surface area (TPSA) is 237 Å². The van der Waals surface area contributed by atoms with Crippen molar-refractivity contribution >= 4 is 39.5 Å². The molecule has 0 spiro atoms. The maximum Gasteiger partial charge on any atom is 0.472 e. The molecule has 0 aromatic carbocycles. The van der Waals surface area contributed by atoms with Crippen molar-refractivity contribution in [3.05, 3.63) is 0 Å². The lowest BCUT2D eigenvalue weighted by Gasteiger charge is -2.21. The Kier molecular flexibility index (Phi) is 57.4. The van der Waals surface area contributed by atoms with Gasteiger partial charge in [0.2, 0.25) is 0 Å². The van der Waals surface area contributed by atoms with E-state index in [2.05, 4.69) is 34.6 Å². The van der Waals surface area contributed by atoms with Crippen molar-refractivity contribution in [2.45, 2.75) is 348 Å². The molecule has 84 heavy (non-hydrogen) atoms. The SMILES string of the molecule is CCCCCCCCCCCCCCCCC(=O)OC[C@H](COP(=O)(O)OC[C@@H](O)COP(=O)(O)OC[C@@H](COC(=O)CCCCCCC)OC(=O)CCCCCCCCCCCC)OC(=O)CCCCCCCCCCCCCCC(C)C. The van der Waals surface area contributed by atoms with E-state index in [-0.39, 0.29) is 25.7 Å². The summed E-state index contributed by atoms with van der Waals surface area (Å²) in [4.78, 5) is 72.0. The third kappa shape index (κ3) is 59.0. The minimum absolute atomic E-state index is 0.106. The minimum atomic E-state index is -4.94. The van der Waals surface area contributed by atoms with E-state index in [0.29, 0.717) is 25.7 Å². The normalized spacial score (nSPS) is 14.2. The number of aliphatic hydroxyl groups is 1. The van der Waals surface area contributed by atoms with E-state index in [0.717, 1.165) is 102 Å². The molecule has 0 fully saturated rings. The first-order valence-corrected chi connectivity index (χ1v) is 37.1. The summed E-state index contributed by atoms with van der Waals surface area (Å²) < 4.78 is 67.9. The molecule has 498 valence electrons. The number of unbranched alkanes of at least 4 members (excludes halogenated alkanes) is 37. The van der Waals surface area contributed by atoms with Gasteiger partial charge in [0.05, 0.1) is 26.4 Å². The molecule has 19 heteroatoms. The Balaban J connectivity index is 5.17. The van der Waals surface area contributed by atoms with Crippen molar-refractivity contribution in [3.63, 3.8) is 0 Å². The highest BCUT2D eigenvalue weighted by atomic mass is 31.2. The van der Waals surface area contributed by atoms with Crippen LogP contribution in [0.2, 0.25) is 0 Å². The Labute approximate surface area is 511 Å². The lowest BCUT2D eigenvalue weighted by molar-refractivity contribution is -0.161. The van der Waals surface area contributed by atoms with E-state index in [1.165, 1.54) is 148 Å². The van der Waals surface area contributed by atoms with Crippen molar-refractivity contribution in [3.8, 4) is 0 Å². The van der Waals surface area contributed by atoms with E-state index in [9.17, 15) is 43.2 Å². The summed E-state index contributed by atoms with van der Waals surface area (Å²) in [6.07, 6.45) is 43.3. The molecule has 0 aromatic rings. The summed E-state index contributed by atoms with van der Waals surface area (Å²) in [5, 5.41) is 10.5. The van der Waals surface area contributed by atoms with Gasteiger partial charge in [-0.2, -0.15) is 0 Å². The van der Waals surface area contributed by atoms with Crippen molar-refractivity contribution in [2.24, 2.45) is 5.92 Å². The third-order valence-corrected chi connectivity index (χ3v) is 16.9. The lowest BCUT2D eigenvalue weighted by Crippen LogP contribution is -2.30. The van der Waals surface area contributed by atoms with Crippen LogP contribution in [0, 0.1) is 5.92 Å². The van der Waals surface area contributed by atoms with Crippen molar-refractivity contribution in [2.75, 3.05) is 39.6 Å². The van der Waals surface area contributed by atoms with Gasteiger partial charge in [-0.1, -0.05) is 279 Å². The first-order chi connectivity index (χ1) is 40.5. The second-order valence-corrected chi connectivity index (χ2v) is 26.9. The number of carbonyl (C=O) groups excluding carboxylic acids is 4. The average molecular weight is 1240 g/mol. The molecule has 2 unspecified atom stereocenters. The molecule has 0 bridgehead atoms. The number of hydrogen-bond acceptors (Lipinski definition) is 15. The molecule has 0 saturated carbocycles. The van der Waals surface area contributed by atoms with Gasteiger partial charge in [-0.3, -0.25) is 37.3 Å². The van der Waals surface area contributed by atoms with Crippen LogP contribution in [0.3, 0.4) is 0 Å². The van der Waals surface area contributed by atoms with Crippen LogP contribution in [-0.4, -0.2) is 96.7 Å². The molecule has 0 aliphatic rings. The lowest BCUT2D eigenvalue weighted by atomic mass is 10.0. The smallest absolute Gasteiger partial charge is 0.462 e. The van der Waals surface area contributed by atoms with Crippen molar-refractivity contribution < 1.29 is 80.2 Å². The van der Waals surface area contributed by atoms with Gasteiger partial charge in [0.15, 0.2) is 12.2 Å². The van der Waals surface area contributed by atoms with Crippen LogP contribution in [0.15, 0.2) is 0 Å². The molecule has 17 nitrogen and oxygen atoms in total. The van der Waals surface area contributed by atoms with Crippen molar-refractivity contribution in [1.82, 2.24) is 0 Å². The second kappa shape index (κ2) is 58.7. The molecule has 0 radical (unpaired) electrons. The quantitative estimate of drug-likeness (QED) is 0.0222. The fourth-order valence-corrected chi connectivity index (χ4v) is 11.3. The maximum absolute atomic E-state index is 13.0. The van der Waals surface area contributed by atoms with Crippen LogP contribution in [0.1, 0.15) is 330 Å². The minimum Gasteiger partial charge on any atom is -0.462 e. The summed E-state index contributed by atoms with van der Waals surface area (Å²) in [5.74, 6) is -1.36. The van der Waals surface area contributed by atoms with Crippen LogP contribution in [-0.2, 0) is 65.4 Å². The fourth-order valence-electron chi connectivity index (χ4n) is 9.76. The fraction of sp³-hybridized carbons (Fsp3) is 0.938. The number of aliphatic hydroxyl groups excluding tert-OH is 1. The first-order valence-electron chi connectivity index (χ1n) is 34.1. The Bertz CT molecular complexity index is 1640. The van der Waals surface area contributed by atoms with Gasteiger partial charge in [0.25, 0.3) is 0 Å². The number of hydrogen-bond donors (Lipinski definition) is 3. The molecule has 0 heterocycles. The molecule has 3 N–H and O–H groups in total. The van der Waals surface area contributed by atoms with E-state index in [4.69, 9.17) is 37.0 Å². The van der Waals surface area contributed by atoms with Gasteiger partial charge < -0.3 is 33.8 Å². The van der Waals surface area contributed by atoms with Gasteiger partial charge in [-0.05, 0) is 31.6 Å². The molecule has 0 saturated heterocycles. The number of rotatable bonds is 65. The van der Waals surface area contributed by atoms with Crippen LogP contribution in [0.5, 0.6) is 0 Å². The summed E-state index contributed by atoms with van der Waals surface area (Å²) in [6, 6.07) is 0. The van der Waals surface area contributed by atoms with Gasteiger partial charge in [-0.25, -0.2) is 9.13 Å². The standard InChI is InChI=1S/C65H126O17P2/c1-6-9-12-15-17-19-21-22-23-27-31-34-39-44-49-63(68)76-55-61(82-65(70)51-46-41-36-32-28-25-24-26-29-33-38-42-47-58(4)5)57-80-84(73,74)78-53-59(66)52-77-83(71,72)79-56-60(54-75-62(67)48-43-37-14-11-8-3)81-64(69)50-45-40-35-30-20-18-16-13-10-7-2/h58-61,66H,6-57H2,1-5H3,(H,71,72)(H,73,74)/t59-,60+,61+/m0/s1. The molecule has 5 atom stereocenters. The largest absolute Gasteiger partial charge is 0.472 e. The number of esters is 4. The zero-order chi connectivity index (χ0) is 62.0. The molecular formula is C65H126O17P2. The van der Waals surface area contributed by atoms with Crippen LogP contribution >= 0.6 is 15.6 Å². The second-order valence-electron chi connectivity index (χ2n) is 24.0. The molecule has 0 aliphatic heterocycles. The number of ether oxygens (including phenoxy) is 4. The maximum atomic E-state index is 13.0. The Morgan fingerprint density at radius 3 is 0.810 bits per heavy atom. The zero-order valence-corrected chi connectivity index (χ0v) is 55.8. The summed E-state index contributed by atoms with van der Waals surface area (Å²) in [6.45, 7) is 7.12. The number of carbonyl (C=O) groups is 4. The highest BCUT2D eigenvalue weighted by Crippen LogP contribution is 2.45. The van der Waals surface area contributed by atoms with Gasteiger partial charge in [0, 0.05) is 25.7 Å². The average Bonchev–Trinajstić information content (AvgIpc) is 3.54. The van der Waals surface area contributed by atoms with Gasteiger partial charge in [0.1, 0.15) is 19.3 Å². The number of phosphoric ester groups is 2. The first kappa shape index (κ1) is 82.1. The molecule has 0 rings (SSSR count). The van der Waals surface area contributed by atoms with Gasteiger partial charge in [-0.15, -0.1) is 0 Å². The predicted octanol–water partition coefficient (Wildman–Crippen LogP) is 18.2. The van der Waals surface area contributed by atoms with E-state index >= 15 is 0 Å². The van der Waals surface area contributed by atoms with E-state index < -0.39 is 97.5 Å². The molecule has 0 aromatic heterocycles. The molecule has 0 aliphatic carbocycles. The van der Waals surface area contributed by atoms with Crippen LogP contribution < -0.4 is 0 Å². The highest BCUT2D eigenvalue weighted by molar-refractivity contribution is 7.47. The Morgan fingerprint density at radius 1 is 0.321 bits per heavy atom. The van der Waals surface area contributed by atoms with Gasteiger partial charge >= 0.3 is 39.5 Å². The number of phosphoric acid groups is 2. The van der Waals surface area contributed by atoms with Crippen molar-refractivity contribution in [1.29, 1.82) is 0 Å². The van der Waals surface area contributed by atoms with Crippen LogP contribution in [0.25, 0.3) is 0 Å². The van der Waals surface area contributed by atoms with E-state index in [1.807, 2.05) is 0 Å². The zero-order valence-electron chi connectivity index (χ0n) is 54.0.